The maximum absolute atomic E-state index is 13.1. The summed E-state index contributed by atoms with van der Waals surface area (Å²) in [5.41, 5.74) is 0.605. The molecule has 98 valence electrons. The monoisotopic (exact) mass is 256 g/mol. The van der Waals surface area contributed by atoms with Crippen molar-refractivity contribution >= 4 is 0 Å². The molecule has 1 heterocycles. The van der Waals surface area contributed by atoms with Crippen LogP contribution in [0.5, 0.6) is 0 Å². The van der Waals surface area contributed by atoms with Gasteiger partial charge in [0.2, 0.25) is 6.04 Å². The lowest BCUT2D eigenvalue weighted by Crippen LogP contribution is -2.35. The Labute approximate surface area is 103 Å². The quantitative estimate of drug-likeness (QED) is 0.613. The van der Waals surface area contributed by atoms with Gasteiger partial charge in [-0.15, -0.1) is 0 Å². The van der Waals surface area contributed by atoms with Crippen molar-refractivity contribution in [2.45, 2.75) is 24.4 Å². The van der Waals surface area contributed by atoms with E-state index in [0.717, 1.165) is 0 Å². The Morgan fingerprint density at radius 1 is 1.39 bits per heavy atom. The number of likely N-dealkylation sites (tertiary alicyclic amines) is 1. The minimum Gasteiger partial charge on any atom is -0.291 e. The first kappa shape index (κ1) is 12.9. The number of alkyl halides is 2. The van der Waals surface area contributed by atoms with E-state index in [1.807, 2.05) is 0 Å². The minimum absolute atomic E-state index is 0.0571. The largest absolute Gasteiger partial charge is 0.291 e. The third-order valence-electron chi connectivity index (χ3n) is 3.48. The second-order valence-corrected chi connectivity index (χ2v) is 4.55. The number of likely N-dealkylation sites (N-methyl/N-ethyl adjacent to an activating group) is 1. The molecule has 0 aliphatic carbocycles. The molecule has 2 rings (SSSR count). The van der Waals surface area contributed by atoms with Crippen molar-refractivity contribution in [2.24, 2.45) is 0 Å². The summed E-state index contributed by atoms with van der Waals surface area (Å²) >= 11 is 0. The second-order valence-electron chi connectivity index (χ2n) is 4.55. The molecule has 0 bridgehead atoms. The van der Waals surface area contributed by atoms with Gasteiger partial charge in [-0.25, -0.2) is 8.78 Å². The average Bonchev–Trinajstić information content (AvgIpc) is 2.68. The average molecular weight is 256 g/mol. The zero-order valence-corrected chi connectivity index (χ0v) is 9.87. The van der Waals surface area contributed by atoms with Crippen LogP contribution < -0.4 is 0 Å². The third kappa shape index (κ3) is 2.20. The zero-order chi connectivity index (χ0) is 13.3. The van der Waals surface area contributed by atoms with Crippen LogP contribution in [-0.4, -0.2) is 41.9 Å². The van der Waals surface area contributed by atoms with E-state index in [0.29, 0.717) is 5.56 Å². The summed E-state index contributed by atoms with van der Waals surface area (Å²) < 4.78 is 26.2. The number of halogens is 2. The summed E-state index contributed by atoms with van der Waals surface area (Å²) in [6.07, 6.45) is -2.59. The normalized spacial score (nSPS) is 28.8. The van der Waals surface area contributed by atoms with Crippen molar-refractivity contribution in [2.75, 3.05) is 13.6 Å². The summed E-state index contributed by atoms with van der Waals surface area (Å²) in [5, 5.41) is 11.0. The van der Waals surface area contributed by atoms with Crippen molar-refractivity contribution in [1.29, 1.82) is 0 Å². The highest BCUT2D eigenvalue weighted by atomic mass is 19.3. The van der Waals surface area contributed by atoms with Crippen LogP contribution in [0.3, 0.4) is 0 Å². The highest BCUT2D eigenvalue weighted by Crippen LogP contribution is 2.37. The van der Waals surface area contributed by atoms with Crippen LogP contribution in [0.1, 0.15) is 11.5 Å². The molecule has 1 aromatic carbocycles. The first-order valence-electron chi connectivity index (χ1n) is 5.69. The number of hydrogen-bond acceptors (Lipinski definition) is 3. The third-order valence-corrected chi connectivity index (χ3v) is 3.48. The predicted octanol–water partition coefficient (Wildman–Crippen LogP) is 1.99. The standard InChI is InChI=1S/C12H14F2N2O2/c1-15-7-9(16(17)18)10(11(15)12(13)14)8-5-3-2-4-6-8/h2-6,9-12H,7H2,1H3/t9?,10-,11+/m1/s1. The fourth-order valence-electron chi connectivity index (χ4n) is 2.67. The molecule has 1 fully saturated rings. The number of benzene rings is 1. The van der Waals surface area contributed by atoms with Crippen LogP contribution in [0, 0.1) is 10.1 Å². The molecule has 1 aliphatic rings. The van der Waals surface area contributed by atoms with E-state index in [4.69, 9.17) is 0 Å². The van der Waals surface area contributed by atoms with E-state index in [9.17, 15) is 18.9 Å². The Morgan fingerprint density at radius 3 is 2.50 bits per heavy atom. The number of rotatable bonds is 3. The van der Waals surface area contributed by atoms with Gasteiger partial charge in [0.15, 0.2) is 0 Å². The topological polar surface area (TPSA) is 46.4 Å². The van der Waals surface area contributed by atoms with Gasteiger partial charge in [-0.1, -0.05) is 30.3 Å². The van der Waals surface area contributed by atoms with Gasteiger partial charge in [0.1, 0.15) is 0 Å². The zero-order valence-electron chi connectivity index (χ0n) is 9.87. The predicted molar refractivity (Wildman–Crippen MR) is 62.4 cm³/mol. The van der Waals surface area contributed by atoms with E-state index in [-0.39, 0.29) is 6.54 Å². The van der Waals surface area contributed by atoms with E-state index in [1.165, 1.54) is 11.9 Å². The molecule has 1 saturated heterocycles. The van der Waals surface area contributed by atoms with Gasteiger partial charge in [0.25, 0.3) is 6.43 Å². The molecular weight excluding hydrogens is 242 g/mol. The molecule has 0 N–H and O–H groups in total. The molecule has 0 aromatic heterocycles. The number of nitro groups is 1. The Morgan fingerprint density at radius 2 is 2.00 bits per heavy atom. The van der Waals surface area contributed by atoms with Crippen molar-refractivity contribution in [3.05, 3.63) is 46.0 Å². The molecular formula is C12H14F2N2O2. The van der Waals surface area contributed by atoms with Gasteiger partial charge in [-0.3, -0.25) is 15.0 Å². The summed E-state index contributed by atoms with van der Waals surface area (Å²) in [5.74, 6) is -0.758. The first-order chi connectivity index (χ1) is 8.52. The summed E-state index contributed by atoms with van der Waals surface area (Å²) in [7, 11) is 1.51. The molecule has 0 amide bonds. The molecule has 1 aromatic rings. The summed E-state index contributed by atoms with van der Waals surface area (Å²) in [6.45, 7) is 0.0571. The van der Waals surface area contributed by atoms with E-state index in [2.05, 4.69) is 0 Å². The van der Waals surface area contributed by atoms with Crippen molar-refractivity contribution < 1.29 is 13.7 Å². The second kappa shape index (κ2) is 4.97. The molecule has 1 aliphatic heterocycles. The van der Waals surface area contributed by atoms with Crippen molar-refractivity contribution in [1.82, 2.24) is 4.90 Å². The maximum atomic E-state index is 13.1. The van der Waals surface area contributed by atoms with Crippen LogP contribution in [0.4, 0.5) is 8.78 Å². The highest BCUT2D eigenvalue weighted by molar-refractivity contribution is 5.25. The maximum Gasteiger partial charge on any atom is 0.254 e. The molecule has 4 nitrogen and oxygen atoms in total. The lowest BCUT2D eigenvalue weighted by atomic mass is 9.89. The van der Waals surface area contributed by atoms with Crippen LogP contribution in [0.25, 0.3) is 0 Å². The fraction of sp³-hybridized carbons (Fsp3) is 0.500. The summed E-state index contributed by atoms with van der Waals surface area (Å²) in [6, 6.07) is 6.48. The highest BCUT2D eigenvalue weighted by Gasteiger charge is 2.51. The first-order valence-corrected chi connectivity index (χ1v) is 5.69. The Balaban J connectivity index is 2.39. The van der Waals surface area contributed by atoms with Gasteiger partial charge < -0.3 is 0 Å². The molecule has 18 heavy (non-hydrogen) atoms. The Hall–Kier alpha value is -1.56. The van der Waals surface area contributed by atoms with Crippen molar-refractivity contribution in [3.8, 4) is 0 Å². The van der Waals surface area contributed by atoms with Gasteiger partial charge in [0.05, 0.1) is 18.5 Å². The van der Waals surface area contributed by atoms with Gasteiger partial charge in [-0.2, -0.15) is 0 Å². The fourth-order valence-corrected chi connectivity index (χ4v) is 2.67. The van der Waals surface area contributed by atoms with E-state index >= 15 is 0 Å². The lowest BCUT2D eigenvalue weighted by molar-refractivity contribution is -0.521. The molecule has 0 spiro atoms. The minimum atomic E-state index is -2.59. The van der Waals surface area contributed by atoms with Crippen LogP contribution in [0.2, 0.25) is 0 Å². The lowest BCUT2D eigenvalue weighted by Gasteiger charge is -2.23. The molecule has 0 saturated carbocycles. The smallest absolute Gasteiger partial charge is 0.254 e. The molecule has 1 unspecified atom stereocenters. The van der Waals surface area contributed by atoms with Gasteiger partial charge >= 0.3 is 0 Å². The Kier molecular flexibility index (Phi) is 3.56. The van der Waals surface area contributed by atoms with Gasteiger partial charge in [-0.05, 0) is 12.6 Å². The SMILES string of the molecule is CN1CC([N+](=O)[O-])[C@@H](c2ccccc2)[C@H]1C(F)F. The Bertz CT molecular complexity index is 427. The van der Waals surface area contributed by atoms with Crippen molar-refractivity contribution in [3.63, 3.8) is 0 Å². The van der Waals surface area contributed by atoms with Crippen LogP contribution >= 0.6 is 0 Å². The van der Waals surface area contributed by atoms with Crippen LogP contribution in [-0.2, 0) is 0 Å². The number of nitrogens with zero attached hydrogens (tertiary/aromatic N) is 2. The molecule has 6 heteroatoms. The number of hydrogen-bond donors (Lipinski definition) is 0. The molecule has 3 atom stereocenters. The molecule has 0 radical (unpaired) electrons. The summed E-state index contributed by atoms with van der Waals surface area (Å²) in [4.78, 5) is 12.0. The van der Waals surface area contributed by atoms with Gasteiger partial charge in [0, 0.05) is 4.92 Å². The van der Waals surface area contributed by atoms with E-state index in [1.54, 1.807) is 30.3 Å². The van der Waals surface area contributed by atoms with E-state index < -0.39 is 29.4 Å². The van der Waals surface area contributed by atoms with Crippen LogP contribution in [0.15, 0.2) is 30.3 Å².